The third-order valence-electron chi connectivity index (χ3n) is 5.30. The summed E-state index contributed by atoms with van der Waals surface area (Å²) in [6.07, 6.45) is 1.89. The molecule has 5 heteroatoms. The molecule has 2 aromatic carbocycles. The van der Waals surface area contributed by atoms with Crippen molar-refractivity contribution < 1.29 is 9.53 Å². The molecule has 2 heterocycles. The number of rotatable bonds is 5. The Labute approximate surface area is 165 Å². The minimum Gasteiger partial charge on any atom is -0.480 e. The highest BCUT2D eigenvalue weighted by molar-refractivity contribution is 6.00. The summed E-state index contributed by atoms with van der Waals surface area (Å²) in [7, 11) is 1.55. The molecule has 1 aliphatic rings. The number of pyridine rings is 1. The van der Waals surface area contributed by atoms with Gasteiger partial charge < -0.3 is 10.1 Å². The van der Waals surface area contributed by atoms with Crippen molar-refractivity contribution in [3.8, 4) is 5.88 Å². The number of nitrogens with zero attached hydrogens (tertiary/aromatic N) is 2. The Morgan fingerprint density at radius 2 is 1.82 bits per heavy atom. The van der Waals surface area contributed by atoms with Crippen LogP contribution in [-0.2, 0) is 6.54 Å². The second-order valence-corrected chi connectivity index (χ2v) is 7.25. The van der Waals surface area contributed by atoms with Gasteiger partial charge in [0.1, 0.15) is 5.56 Å². The van der Waals surface area contributed by atoms with Crippen molar-refractivity contribution >= 4 is 16.8 Å². The molecule has 3 aromatic rings. The van der Waals surface area contributed by atoms with E-state index >= 15 is 0 Å². The number of methoxy groups -OCH3 is 1. The van der Waals surface area contributed by atoms with Gasteiger partial charge in [0.15, 0.2) is 0 Å². The van der Waals surface area contributed by atoms with E-state index in [9.17, 15) is 4.79 Å². The maximum absolute atomic E-state index is 12.9. The van der Waals surface area contributed by atoms with E-state index in [1.807, 2.05) is 36.4 Å². The standard InChI is InChI=1S/C23H25N3O2/c1-28-23-20(15-18-9-5-6-10-21(18)25-23)22(27)24-19-11-13-26(14-12-19)16-17-7-3-2-4-8-17/h2-10,15,19H,11-14,16H2,1H3,(H,24,27). The number of benzene rings is 2. The van der Waals surface area contributed by atoms with Gasteiger partial charge >= 0.3 is 0 Å². The normalized spacial score (nSPS) is 15.5. The lowest BCUT2D eigenvalue weighted by atomic mass is 10.0. The molecule has 1 aromatic heterocycles. The fourth-order valence-electron chi connectivity index (χ4n) is 3.76. The summed E-state index contributed by atoms with van der Waals surface area (Å²) in [5, 5.41) is 4.11. The molecule has 0 saturated carbocycles. The summed E-state index contributed by atoms with van der Waals surface area (Å²) in [6.45, 7) is 2.92. The number of carbonyl (C=O) groups is 1. The lowest BCUT2D eigenvalue weighted by molar-refractivity contribution is 0.0905. The molecule has 1 aliphatic heterocycles. The van der Waals surface area contributed by atoms with Crippen molar-refractivity contribution in [2.75, 3.05) is 20.2 Å². The third kappa shape index (κ3) is 4.15. The number of likely N-dealkylation sites (tertiary alicyclic amines) is 1. The van der Waals surface area contributed by atoms with Crippen LogP contribution in [0.5, 0.6) is 5.88 Å². The van der Waals surface area contributed by atoms with E-state index in [1.54, 1.807) is 7.11 Å². The molecule has 0 unspecified atom stereocenters. The Hall–Kier alpha value is -2.92. The Morgan fingerprint density at radius 3 is 2.57 bits per heavy atom. The second-order valence-electron chi connectivity index (χ2n) is 7.25. The lowest BCUT2D eigenvalue weighted by Crippen LogP contribution is -2.44. The topological polar surface area (TPSA) is 54.5 Å². The molecular weight excluding hydrogens is 350 g/mol. The fraction of sp³-hybridized carbons (Fsp3) is 0.304. The van der Waals surface area contributed by atoms with Gasteiger partial charge in [-0.15, -0.1) is 0 Å². The van der Waals surface area contributed by atoms with Crippen LogP contribution in [0, 0.1) is 0 Å². The van der Waals surface area contributed by atoms with Crippen LogP contribution in [-0.4, -0.2) is 42.0 Å². The van der Waals surface area contributed by atoms with Gasteiger partial charge in [-0.25, -0.2) is 4.98 Å². The van der Waals surface area contributed by atoms with Crippen molar-refractivity contribution in [2.45, 2.75) is 25.4 Å². The fourth-order valence-corrected chi connectivity index (χ4v) is 3.76. The summed E-state index contributed by atoms with van der Waals surface area (Å²) in [5.41, 5.74) is 2.65. The molecule has 1 amide bonds. The van der Waals surface area contributed by atoms with Crippen LogP contribution in [0.2, 0.25) is 0 Å². The minimum absolute atomic E-state index is 0.114. The Morgan fingerprint density at radius 1 is 1.11 bits per heavy atom. The minimum atomic E-state index is -0.114. The first-order valence-corrected chi connectivity index (χ1v) is 9.74. The zero-order valence-electron chi connectivity index (χ0n) is 16.1. The maximum atomic E-state index is 12.9. The van der Waals surface area contributed by atoms with Crippen LogP contribution in [0.4, 0.5) is 0 Å². The van der Waals surface area contributed by atoms with Crippen molar-refractivity contribution in [1.82, 2.24) is 15.2 Å². The van der Waals surface area contributed by atoms with Gasteiger partial charge in [0.05, 0.1) is 12.6 Å². The molecule has 0 radical (unpaired) electrons. The number of hydrogen-bond donors (Lipinski definition) is 1. The Bertz CT molecular complexity index is 950. The Kier molecular flexibility index (Phi) is 5.53. The van der Waals surface area contributed by atoms with Crippen molar-refractivity contribution in [2.24, 2.45) is 0 Å². The number of ether oxygens (including phenoxy) is 1. The summed E-state index contributed by atoms with van der Waals surface area (Å²) >= 11 is 0. The molecule has 4 rings (SSSR count). The van der Waals surface area contributed by atoms with Crippen LogP contribution in [0.15, 0.2) is 60.7 Å². The quantitative estimate of drug-likeness (QED) is 0.740. The zero-order valence-corrected chi connectivity index (χ0v) is 16.1. The number of fused-ring (bicyclic) bond motifs is 1. The number of para-hydroxylation sites is 1. The second kappa shape index (κ2) is 8.40. The van der Waals surface area contributed by atoms with Crippen molar-refractivity contribution in [1.29, 1.82) is 0 Å². The lowest BCUT2D eigenvalue weighted by Gasteiger charge is -2.32. The first kappa shape index (κ1) is 18.4. The van der Waals surface area contributed by atoms with E-state index in [0.29, 0.717) is 11.4 Å². The van der Waals surface area contributed by atoms with Gasteiger partial charge in [-0.1, -0.05) is 48.5 Å². The average molecular weight is 375 g/mol. The van der Waals surface area contributed by atoms with Gasteiger partial charge in [0, 0.05) is 31.1 Å². The summed E-state index contributed by atoms with van der Waals surface area (Å²) in [5.74, 6) is 0.259. The number of hydrogen-bond acceptors (Lipinski definition) is 4. The number of amides is 1. The highest BCUT2D eigenvalue weighted by Crippen LogP contribution is 2.23. The SMILES string of the molecule is COc1nc2ccccc2cc1C(=O)NC1CCN(Cc2ccccc2)CC1. The van der Waals surface area contributed by atoms with Gasteiger partial charge in [-0.3, -0.25) is 9.69 Å². The number of aromatic nitrogens is 1. The van der Waals surface area contributed by atoms with E-state index in [2.05, 4.69) is 39.5 Å². The molecule has 0 atom stereocenters. The van der Waals surface area contributed by atoms with Crippen molar-refractivity contribution in [3.63, 3.8) is 0 Å². The van der Waals surface area contributed by atoms with Crippen LogP contribution in [0.25, 0.3) is 10.9 Å². The smallest absolute Gasteiger partial charge is 0.257 e. The number of nitrogens with one attached hydrogen (secondary N) is 1. The monoisotopic (exact) mass is 375 g/mol. The van der Waals surface area contributed by atoms with Crippen LogP contribution in [0.3, 0.4) is 0 Å². The third-order valence-corrected chi connectivity index (χ3v) is 5.30. The van der Waals surface area contributed by atoms with Gasteiger partial charge in [0.25, 0.3) is 5.91 Å². The number of carbonyl (C=O) groups excluding carboxylic acids is 1. The van der Waals surface area contributed by atoms with Crippen molar-refractivity contribution in [3.05, 3.63) is 71.8 Å². The van der Waals surface area contributed by atoms with Gasteiger partial charge in [-0.05, 0) is 30.5 Å². The summed E-state index contributed by atoms with van der Waals surface area (Å²) < 4.78 is 5.37. The van der Waals surface area contributed by atoms with E-state index in [-0.39, 0.29) is 11.9 Å². The van der Waals surface area contributed by atoms with Gasteiger partial charge in [0.2, 0.25) is 5.88 Å². The number of piperidine rings is 1. The van der Waals surface area contributed by atoms with E-state index in [1.165, 1.54) is 5.56 Å². The first-order valence-electron chi connectivity index (χ1n) is 9.74. The molecule has 1 saturated heterocycles. The van der Waals surface area contributed by atoms with E-state index in [4.69, 9.17) is 4.74 Å². The Balaban J connectivity index is 1.39. The maximum Gasteiger partial charge on any atom is 0.257 e. The predicted octanol–water partition coefficient (Wildman–Crippen LogP) is 3.64. The van der Waals surface area contributed by atoms with E-state index in [0.717, 1.165) is 43.4 Å². The molecule has 0 bridgehead atoms. The molecule has 144 valence electrons. The highest BCUT2D eigenvalue weighted by Gasteiger charge is 2.23. The highest BCUT2D eigenvalue weighted by atomic mass is 16.5. The molecular formula is C23H25N3O2. The average Bonchev–Trinajstić information content (AvgIpc) is 2.75. The molecule has 28 heavy (non-hydrogen) atoms. The molecule has 5 nitrogen and oxygen atoms in total. The van der Waals surface area contributed by atoms with Crippen LogP contribution >= 0.6 is 0 Å². The molecule has 0 spiro atoms. The van der Waals surface area contributed by atoms with E-state index < -0.39 is 0 Å². The molecule has 0 aliphatic carbocycles. The first-order chi connectivity index (χ1) is 13.7. The predicted molar refractivity (Wildman–Crippen MR) is 111 cm³/mol. The zero-order chi connectivity index (χ0) is 19.3. The van der Waals surface area contributed by atoms with Crippen LogP contribution < -0.4 is 10.1 Å². The van der Waals surface area contributed by atoms with Gasteiger partial charge in [-0.2, -0.15) is 0 Å². The molecule has 1 N–H and O–H groups in total. The summed E-state index contributed by atoms with van der Waals surface area (Å²) in [6, 6.07) is 20.3. The largest absolute Gasteiger partial charge is 0.480 e. The van der Waals surface area contributed by atoms with Crippen LogP contribution in [0.1, 0.15) is 28.8 Å². The summed E-state index contributed by atoms with van der Waals surface area (Å²) in [4.78, 5) is 19.8. The molecule has 1 fully saturated rings.